The molecule has 0 saturated heterocycles. The molecule has 3 unspecified atom stereocenters. The minimum absolute atomic E-state index is 0.839. The van der Waals surface area contributed by atoms with Gasteiger partial charge in [-0.15, -0.1) is 0 Å². The van der Waals surface area contributed by atoms with Gasteiger partial charge < -0.3 is 31.6 Å². The minimum Gasteiger partial charge on any atom is -0.481 e. The van der Waals surface area contributed by atoms with Crippen molar-refractivity contribution in [1.82, 2.24) is 0 Å². The van der Waals surface area contributed by atoms with E-state index in [0.717, 1.165) is 0 Å². The number of rotatable bonds is 9. The lowest BCUT2D eigenvalue weighted by molar-refractivity contribution is -0.148. The lowest BCUT2D eigenvalue weighted by Gasteiger charge is -2.22. The Bertz CT molecular complexity index is 447. The predicted molar refractivity (Wildman–Crippen MR) is 62.5 cm³/mol. The fourth-order valence-corrected chi connectivity index (χ4v) is 1.51. The summed E-state index contributed by atoms with van der Waals surface area (Å²) in [5.74, 6) is -9.75. The highest BCUT2D eigenvalue weighted by Gasteiger charge is 2.37. The van der Waals surface area contributed by atoms with Crippen molar-refractivity contribution in [1.29, 1.82) is 5.41 Å². The third-order valence-corrected chi connectivity index (χ3v) is 2.56. The molecule has 0 amide bonds. The van der Waals surface area contributed by atoms with Crippen LogP contribution in [0.25, 0.3) is 0 Å². The smallest absolute Gasteiger partial charge is 0.312 e. The van der Waals surface area contributed by atoms with E-state index in [-0.39, 0.29) is 0 Å². The second kappa shape index (κ2) is 7.19. The molecule has 0 aliphatic heterocycles. The Morgan fingerprint density at radius 1 is 0.900 bits per heavy atom. The van der Waals surface area contributed by atoms with E-state index in [9.17, 15) is 19.2 Å². The molecule has 7 N–H and O–H groups in total. The lowest BCUT2D eigenvalue weighted by Crippen LogP contribution is -2.47. The summed E-state index contributed by atoms with van der Waals surface area (Å²) in [5, 5.41) is 42.3. The van der Waals surface area contributed by atoms with E-state index in [1.165, 1.54) is 0 Å². The monoisotopic (exact) mass is 290 g/mol. The number of hydrogen-bond donors (Lipinski definition) is 6. The Morgan fingerprint density at radius 3 is 1.65 bits per heavy atom. The summed E-state index contributed by atoms with van der Waals surface area (Å²) < 4.78 is 0. The second-order valence-electron chi connectivity index (χ2n) is 4.01. The van der Waals surface area contributed by atoms with Crippen molar-refractivity contribution in [3.8, 4) is 0 Å². The Hall–Kier alpha value is -2.49. The van der Waals surface area contributed by atoms with Crippen molar-refractivity contribution in [3.63, 3.8) is 0 Å². The number of carbonyl (C=O) groups is 4. The molecular formula is C10H14N2O8. The van der Waals surface area contributed by atoms with E-state index < -0.39 is 60.3 Å². The van der Waals surface area contributed by atoms with Crippen LogP contribution in [0.3, 0.4) is 0 Å². The van der Waals surface area contributed by atoms with Crippen molar-refractivity contribution in [2.45, 2.75) is 18.9 Å². The van der Waals surface area contributed by atoms with Crippen LogP contribution >= 0.6 is 0 Å². The Balaban J connectivity index is 5.19. The number of carboxylic acids is 4. The molecule has 10 heteroatoms. The topological polar surface area (TPSA) is 199 Å². The van der Waals surface area contributed by atoms with Gasteiger partial charge in [0.05, 0.1) is 24.8 Å². The zero-order valence-corrected chi connectivity index (χ0v) is 10.1. The molecular weight excluding hydrogens is 276 g/mol. The zero-order valence-electron chi connectivity index (χ0n) is 10.1. The highest BCUT2D eigenvalue weighted by Crippen LogP contribution is 2.16. The van der Waals surface area contributed by atoms with Crippen molar-refractivity contribution in [3.05, 3.63) is 0 Å². The highest BCUT2D eigenvalue weighted by atomic mass is 16.4. The Kier molecular flexibility index (Phi) is 6.29. The molecule has 0 aromatic carbocycles. The van der Waals surface area contributed by atoms with Crippen LogP contribution in [0.2, 0.25) is 0 Å². The molecule has 0 bridgehead atoms. The van der Waals surface area contributed by atoms with Gasteiger partial charge in [-0.1, -0.05) is 0 Å². The van der Waals surface area contributed by atoms with Gasteiger partial charge in [-0.3, -0.25) is 19.2 Å². The zero-order chi connectivity index (χ0) is 16.0. The maximum Gasteiger partial charge on any atom is 0.312 e. The maximum absolute atomic E-state index is 10.9. The van der Waals surface area contributed by atoms with Crippen LogP contribution in [0, 0.1) is 17.2 Å². The quantitative estimate of drug-likeness (QED) is 0.279. The summed E-state index contributed by atoms with van der Waals surface area (Å²) in [5.41, 5.74) is 4.56. The number of aliphatic carboxylic acids is 4. The maximum atomic E-state index is 10.9. The van der Waals surface area contributed by atoms with Gasteiger partial charge in [0.15, 0.2) is 0 Å². The van der Waals surface area contributed by atoms with Gasteiger partial charge in [0, 0.05) is 5.71 Å². The molecule has 0 saturated carbocycles. The summed E-state index contributed by atoms with van der Waals surface area (Å²) >= 11 is 0. The van der Waals surface area contributed by atoms with Gasteiger partial charge >= 0.3 is 23.9 Å². The van der Waals surface area contributed by atoms with Crippen LogP contribution in [0.4, 0.5) is 0 Å². The normalized spacial score (nSPS) is 14.8. The average molecular weight is 290 g/mol. The third-order valence-electron chi connectivity index (χ3n) is 2.56. The van der Waals surface area contributed by atoms with E-state index >= 15 is 0 Å². The molecule has 20 heavy (non-hydrogen) atoms. The van der Waals surface area contributed by atoms with Crippen molar-refractivity contribution in [2.75, 3.05) is 0 Å². The summed E-state index contributed by atoms with van der Waals surface area (Å²) in [6, 6.07) is -1.70. The molecule has 0 fully saturated rings. The van der Waals surface area contributed by atoms with Crippen LogP contribution in [0.1, 0.15) is 12.8 Å². The van der Waals surface area contributed by atoms with Crippen molar-refractivity contribution < 1.29 is 39.6 Å². The number of hydrogen-bond acceptors (Lipinski definition) is 6. The first-order valence-corrected chi connectivity index (χ1v) is 5.31. The van der Waals surface area contributed by atoms with E-state index in [1.807, 2.05) is 0 Å². The van der Waals surface area contributed by atoms with E-state index in [1.54, 1.807) is 0 Å². The molecule has 0 radical (unpaired) electrons. The third kappa shape index (κ3) is 5.02. The van der Waals surface area contributed by atoms with Crippen LogP contribution in [-0.4, -0.2) is 56.1 Å². The summed E-state index contributed by atoms with van der Waals surface area (Å²) in [7, 11) is 0. The largest absolute Gasteiger partial charge is 0.481 e. The molecule has 0 heterocycles. The van der Waals surface area contributed by atoms with Gasteiger partial charge in [0.1, 0.15) is 5.92 Å². The minimum atomic E-state index is -1.81. The first-order chi connectivity index (χ1) is 9.07. The van der Waals surface area contributed by atoms with Gasteiger partial charge in [-0.25, -0.2) is 0 Å². The standard InChI is InChI=1S/C10H14N2O8/c11-7(3(9(17)18)1-5(13)14)8(12)4(10(19)20)2-6(15)16/h3-4,7,12H,1-2,11H2,(H,13,14)(H,15,16)(H,17,18)(H,19,20). The number of nitrogens with one attached hydrogen (secondary N) is 1. The predicted octanol–water partition coefficient (Wildman–Crippen LogP) is -1.32. The molecule has 0 aromatic heterocycles. The first-order valence-electron chi connectivity index (χ1n) is 5.31. The summed E-state index contributed by atoms with van der Waals surface area (Å²) in [6.07, 6.45) is -1.85. The molecule has 112 valence electrons. The molecule has 0 aromatic rings. The highest BCUT2D eigenvalue weighted by molar-refractivity contribution is 6.06. The molecule has 0 aliphatic carbocycles. The Labute approximate surface area is 112 Å². The lowest BCUT2D eigenvalue weighted by atomic mass is 9.85. The fourth-order valence-electron chi connectivity index (χ4n) is 1.51. The van der Waals surface area contributed by atoms with Crippen LogP contribution in [-0.2, 0) is 19.2 Å². The SMILES string of the molecule is N=C(C(CC(=O)O)C(=O)O)C(N)C(CC(=O)O)C(=O)O. The van der Waals surface area contributed by atoms with Crippen molar-refractivity contribution >= 4 is 29.6 Å². The van der Waals surface area contributed by atoms with Crippen LogP contribution in [0.15, 0.2) is 0 Å². The van der Waals surface area contributed by atoms with Gasteiger partial charge in [0.25, 0.3) is 0 Å². The van der Waals surface area contributed by atoms with Crippen molar-refractivity contribution in [2.24, 2.45) is 17.6 Å². The average Bonchev–Trinajstić information content (AvgIpc) is 2.30. The van der Waals surface area contributed by atoms with E-state index in [4.69, 9.17) is 31.6 Å². The molecule has 10 nitrogen and oxygen atoms in total. The fraction of sp³-hybridized carbons (Fsp3) is 0.500. The summed E-state index contributed by atoms with van der Waals surface area (Å²) in [6.45, 7) is 0. The number of carboxylic acid groups (broad SMARTS) is 4. The Morgan fingerprint density at radius 2 is 1.35 bits per heavy atom. The molecule has 3 atom stereocenters. The van der Waals surface area contributed by atoms with Gasteiger partial charge in [0.2, 0.25) is 0 Å². The molecule has 0 spiro atoms. The number of nitrogens with two attached hydrogens (primary N) is 1. The van der Waals surface area contributed by atoms with Crippen LogP contribution in [0.5, 0.6) is 0 Å². The molecule has 0 aliphatic rings. The van der Waals surface area contributed by atoms with Gasteiger partial charge in [-0.2, -0.15) is 0 Å². The van der Waals surface area contributed by atoms with E-state index in [0.29, 0.717) is 0 Å². The van der Waals surface area contributed by atoms with Crippen LogP contribution < -0.4 is 5.73 Å². The van der Waals surface area contributed by atoms with E-state index in [2.05, 4.69) is 0 Å². The molecule has 0 rings (SSSR count). The first kappa shape index (κ1) is 17.5. The second-order valence-corrected chi connectivity index (χ2v) is 4.01. The van der Waals surface area contributed by atoms with Gasteiger partial charge in [-0.05, 0) is 0 Å². The summed E-state index contributed by atoms with van der Waals surface area (Å²) in [4.78, 5) is 42.8.